The highest BCUT2D eigenvalue weighted by atomic mass is 19.1. The number of aromatic nitrogens is 2. The number of rotatable bonds is 4. The molecular formula is C16H18FN3O. The van der Waals surface area contributed by atoms with Crippen LogP contribution in [0.5, 0.6) is 0 Å². The summed E-state index contributed by atoms with van der Waals surface area (Å²) in [6, 6.07) is 6.66. The molecule has 0 aliphatic heterocycles. The second-order valence-electron chi connectivity index (χ2n) is 4.98. The molecule has 2 rings (SSSR count). The summed E-state index contributed by atoms with van der Waals surface area (Å²) in [6.07, 6.45) is 1.18. The van der Waals surface area contributed by atoms with E-state index in [9.17, 15) is 9.18 Å². The smallest absolute Gasteiger partial charge is 0.250 e. The van der Waals surface area contributed by atoms with Gasteiger partial charge in [0.2, 0.25) is 0 Å². The molecule has 0 bridgehead atoms. The maximum absolute atomic E-state index is 14.2. The van der Waals surface area contributed by atoms with Crippen LogP contribution < -0.4 is 4.90 Å². The lowest BCUT2D eigenvalue weighted by Crippen LogP contribution is -2.30. The summed E-state index contributed by atoms with van der Waals surface area (Å²) in [5, 5.41) is 4.24. The monoisotopic (exact) mass is 287 g/mol. The van der Waals surface area contributed by atoms with Crippen molar-refractivity contribution in [3.05, 3.63) is 59.7 Å². The third kappa shape index (κ3) is 3.18. The second kappa shape index (κ2) is 5.91. The van der Waals surface area contributed by atoms with E-state index in [0.717, 1.165) is 17.0 Å². The molecule has 21 heavy (non-hydrogen) atoms. The average molecular weight is 287 g/mol. The molecule has 0 spiro atoms. The molecule has 1 heterocycles. The van der Waals surface area contributed by atoms with Gasteiger partial charge < -0.3 is 4.90 Å². The van der Waals surface area contributed by atoms with Gasteiger partial charge in [0.15, 0.2) is 0 Å². The Kier molecular flexibility index (Phi) is 4.21. The quantitative estimate of drug-likeness (QED) is 0.811. The summed E-state index contributed by atoms with van der Waals surface area (Å²) in [5.41, 5.74) is 2.72. The van der Waals surface area contributed by atoms with Crippen LogP contribution in [-0.4, -0.2) is 15.7 Å². The summed E-state index contributed by atoms with van der Waals surface area (Å²) in [6.45, 7) is 7.40. The number of amides is 1. The molecule has 0 aliphatic rings. The Labute approximate surface area is 123 Å². The summed E-state index contributed by atoms with van der Waals surface area (Å²) in [5.74, 6) is -0.777. The zero-order valence-electron chi connectivity index (χ0n) is 12.4. The van der Waals surface area contributed by atoms with Gasteiger partial charge in [-0.05, 0) is 43.7 Å². The zero-order chi connectivity index (χ0) is 15.6. The van der Waals surface area contributed by atoms with E-state index in [0.29, 0.717) is 0 Å². The first-order valence-corrected chi connectivity index (χ1v) is 6.62. The molecule has 0 fully saturated rings. The maximum atomic E-state index is 14.2. The number of hydrogen-bond acceptors (Lipinski definition) is 2. The zero-order valence-corrected chi connectivity index (χ0v) is 12.4. The minimum absolute atomic E-state index is 0.238. The SMILES string of the molecule is C=CC(=O)N(Cc1cc(C)nn1C)c1ccc(C)cc1F. The first kappa shape index (κ1) is 15.0. The van der Waals surface area contributed by atoms with Crippen molar-refractivity contribution in [2.75, 3.05) is 4.90 Å². The van der Waals surface area contributed by atoms with Crippen LogP contribution >= 0.6 is 0 Å². The number of halogens is 1. The van der Waals surface area contributed by atoms with Crippen molar-refractivity contribution in [3.8, 4) is 0 Å². The molecule has 0 aliphatic carbocycles. The highest BCUT2D eigenvalue weighted by Crippen LogP contribution is 2.23. The number of carbonyl (C=O) groups excluding carboxylic acids is 1. The number of hydrogen-bond donors (Lipinski definition) is 0. The van der Waals surface area contributed by atoms with E-state index in [-0.39, 0.29) is 18.1 Å². The number of aryl methyl sites for hydroxylation is 3. The molecule has 2 aromatic rings. The minimum Gasteiger partial charge on any atom is -0.300 e. The van der Waals surface area contributed by atoms with Crippen LogP contribution in [-0.2, 0) is 18.4 Å². The fourth-order valence-corrected chi connectivity index (χ4v) is 2.20. The molecule has 0 radical (unpaired) electrons. The van der Waals surface area contributed by atoms with Gasteiger partial charge in [-0.25, -0.2) is 4.39 Å². The van der Waals surface area contributed by atoms with Gasteiger partial charge >= 0.3 is 0 Å². The summed E-state index contributed by atoms with van der Waals surface area (Å²) < 4.78 is 15.8. The van der Waals surface area contributed by atoms with E-state index < -0.39 is 5.82 Å². The molecule has 4 nitrogen and oxygen atoms in total. The average Bonchev–Trinajstić information content (AvgIpc) is 2.74. The Hall–Kier alpha value is -2.43. The van der Waals surface area contributed by atoms with Crippen molar-refractivity contribution in [2.24, 2.45) is 7.05 Å². The first-order valence-electron chi connectivity index (χ1n) is 6.62. The van der Waals surface area contributed by atoms with E-state index in [4.69, 9.17) is 0 Å². The van der Waals surface area contributed by atoms with Crippen LogP contribution in [0.1, 0.15) is 17.0 Å². The molecule has 0 saturated carbocycles. The van der Waals surface area contributed by atoms with Gasteiger partial charge in [-0.15, -0.1) is 0 Å². The lowest BCUT2D eigenvalue weighted by Gasteiger charge is -2.22. The van der Waals surface area contributed by atoms with Gasteiger partial charge in [0.1, 0.15) is 5.82 Å². The van der Waals surface area contributed by atoms with Gasteiger partial charge in [-0.3, -0.25) is 9.48 Å². The van der Waals surface area contributed by atoms with E-state index >= 15 is 0 Å². The predicted molar refractivity (Wildman–Crippen MR) is 80.5 cm³/mol. The first-order chi connectivity index (χ1) is 9.92. The lowest BCUT2D eigenvalue weighted by atomic mass is 10.2. The Morgan fingerprint density at radius 3 is 2.67 bits per heavy atom. The number of anilines is 1. The van der Waals surface area contributed by atoms with Crippen LogP contribution in [0.15, 0.2) is 36.9 Å². The molecule has 5 heteroatoms. The predicted octanol–water partition coefficient (Wildman–Crippen LogP) is 2.90. The minimum atomic E-state index is -0.427. The normalized spacial score (nSPS) is 10.5. The Balaban J connectivity index is 2.41. The van der Waals surface area contributed by atoms with Crippen molar-refractivity contribution in [3.63, 3.8) is 0 Å². The van der Waals surface area contributed by atoms with Gasteiger partial charge in [0.05, 0.1) is 23.6 Å². The third-order valence-electron chi connectivity index (χ3n) is 3.25. The second-order valence-corrected chi connectivity index (χ2v) is 4.98. The Bertz CT molecular complexity index is 691. The summed E-state index contributed by atoms with van der Waals surface area (Å²) in [7, 11) is 1.80. The van der Waals surface area contributed by atoms with E-state index in [1.165, 1.54) is 17.0 Å². The third-order valence-corrected chi connectivity index (χ3v) is 3.25. The molecule has 110 valence electrons. The highest BCUT2D eigenvalue weighted by Gasteiger charge is 2.19. The van der Waals surface area contributed by atoms with Crippen molar-refractivity contribution in [2.45, 2.75) is 20.4 Å². The number of benzene rings is 1. The Morgan fingerprint density at radius 1 is 1.43 bits per heavy atom. The van der Waals surface area contributed by atoms with Crippen LogP contribution in [0.2, 0.25) is 0 Å². The molecule has 0 atom stereocenters. The van der Waals surface area contributed by atoms with Gasteiger partial charge in [-0.1, -0.05) is 12.6 Å². The Morgan fingerprint density at radius 2 is 2.14 bits per heavy atom. The maximum Gasteiger partial charge on any atom is 0.250 e. The fourth-order valence-electron chi connectivity index (χ4n) is 2.20. The van der Waals surface area contributed by atoms with Gasteiger partial charge in [0, 0.05) is 7.05 Å². The standard InChI is InChI=1S/C16H18FN3O/c1-5-16(21)20(10-13-9-12(3)18-19(13)4)15-7-6-11(2)8-14(15)17/h5-9H,1,10H2,2-4H3. The van der Waals surface area contributed by atoms with Crippen LogP contribution in [0.3, 0.4) is 0 Å². The molecule has 0 saturated heterocycles. The molecule has 0 N–H and O–H groups in total. The van der Waals surface area contributed by atoms with E-state index in [1.807, 2.05) is 13.0 Å². The fraction of sp³-hybridized carbons (Fsp3) is 0.250. The van der Waals surface area contributed by atoms with Crippen molar-refractivity contribution < 1.29 is 9.18 Å². The summed E-state index contributed by atoms with van der Waals surface area (Å²) >= 11 is 0. The van der Waals surface area contributed by atoms with E-state index in [2.05, 4.69) is 11.7 Å². The number of carbonyl (C=O) groups is 1. The highest BCUT2D eigenvalue weighted by molar-refractivity contribution is 6.01. The molecule has 1 amide bonds. The largest absolute Gasteiger partial charge is 0.300 e. The van der Waals surface area contributed by atoms with Gasteiger partial charge in [0.25, 0.3) is 5.91 Å². The molecule has 1 aromatic carbocycles. The lowest BCUT2D eigenvalue weighted by molar-refractivity contribution is -0.114. The van der Waals surface area contributed by atoms with Gasteiger partial charge in [-0.2, -0.15) is 5.10 Å². The topological polar surface area (TPSA) is 38.1 Å². The molecule has 1 aromatic heterocycles. The van der Waals surface area contributed by atoms with Crippen molar-refractivity contribution >= 4 is 11.6 Å². The van der Waals surface area contributed by atoms with Crippen LogP contribution in [0.25, 0.3) is 0 Å². The van der Waals surface area contributed by atoms with Crippen LogP contribution in [0, 0.1) is 19.7 Å². The molecular weight excluding hydrogens is 269 g/mol. The van der Waals surface area contributed by atoms with Crippen molar-refractivity contribution in [1.29, 1.82) is 0 Å². The van der Waals surface area contributed by atoms with Crippen LogP contribution in [0.4, 0.5) is 10.1 Å². The number of nitrogens with zero attached hydrogens (tertiary/aromatic N) is 3. The summed E-state index contributed by atoms with van der Waals surface area (Å²) in [4.78, 5) is 13.4. The van der Waals surface area contributed by atoms with E-state index in [1.54, 1.807) is 30.8 Å². The van der Waals surface area contributed by atoms with Crippen molar-refractivity contribution in [1.82, 2.24) is 9.78 Å². The molecule has 0 unspecified atom stereocenters.